The number of aromatic hydroxyl groups is 1. The van der Waals surface area contributed by atoms with Crippen LogP contribution in [0.3, 0.4) is 0 Å². The summed E-state index contributed by atoms with van der Waals surface area (Å²) in [5.74, 6) is 0.950. The molecule has 1 fully saturated rings. The highest BCUT2D eigenvalue weighted by Gasteiger charge is 2.22. The molecule has 0 atom stereocenters. The highest BCUT2D eigenvalue weighted by Crippen LogP contribution is 2.30. The molecular weight excluding hydrogens is 250 g/mol. The summed E-state index contributed by atoms with van der Waals surface area (Å²) in [6.45, 7) is 4.61. The third-order valence-electron chi connectivity index (χ3n) is 4.29. The lowest BCUT2D eigenvalue weighted by Gasteiger charge is -2.27. The average molecular weight is 275 g/mol. The fourth-order valence-electron chi connectivity index (χ4n) is 3.12. The molecule has 0 bridgehead atoms. The molecule has 110 valence electrons. The van der Waals surface area contributed by atoms with Gasteiger partial charge in [-0.25, -0.2) is 0 Å². The number of rotatable bonds is 4. The van der Waals surface area contributed by atoms with Gasteiger partial charge in [-0.1, -0.05) is 25.3 Å². The molecule has 3 heteroatoms. The van der Waals surface area contributed by atoms with Crippen LogP contribution in [0.25, 0.3) is 0 Å². The zero-order valence-electron chi connectivity index (χ0n) is 12.6. The van der Waals surface area contributed by atoms with Gasteiger partial charge in [0.05, 0.1) is 5.69 Å². The van der Waals surface area contributed by atoms with Crippen LogP contribution in [-0.2, 0) is 4.79 Å². The van der Waals surface area contributed by atoms with Crippen LogP contribution in [-0.4, -0.2) is 17.6 Å². The maximum atomic E-state index is 12.6. The Kier molecular flexibility index (Phi) is 5.05. The summed E-state index contributed by atoms with van der Waals surface area (Å²) in [6.07, 6.45) is 6.84. The second kappa shape index (κ2) is 6.78. The highest BCUT2D eigenvalue weighted by molar-refractivity contribution is 5.94. The van der Waals surface area contributed by atoms with Gasteiger partial charge in [-0.15, -0.1) is 0 Å². The number of anilines is 1. The number of amides is 1. The fraction of sp³-hybridized carbons (Fsp3) is 0.588. The molecule has 1 aliphatic rings. The Hall–Kier alpha value is -1.51. The van der Waals surface area contributed by atoms with E-state index in [1.165, 1.54) is 32.1 Å². The van der Waals surface area contributed by atoms with Crippen molar-refractivity contribution in [3.05, 3.63) is 23.8 Å². The molecule has 2 rings (SSSR count). The fourth-order valence-corrected chi connectivity index (χ4v) is 3.12. The van der Waals surface area contributed by atoms with Gasteiger partial charge in [0.1, 0.15) is 5.75 Å². The minimum atomic E-state index is 0.188. The van der Waals surface area contributed by atoms with Crippen LogP contribution in [0.15, 0.2) is 18.2 Å². The zero-order valence-corrected chi connectivity index (χ0v) is 12.6. The van der Waals surface area contributed by atoms with E-state index in [9.17, 15) is 9.90 Å². The molecule has 20 heavy (non-hydrogen) atoms. The van der Waals surface area contributed by atoms with Crippen molar-refractivity contribution < 1.29 is 9.90 Å². The van der Waals surface area contributed by atoms with Crippen LogP contribution in [0.4, 0.5) is 5.69 Å². The first-order chi connectivity index (χ1) is 9.61. The Morgan fingerprint density at radius 3 is 2.65 bits per heavy atom. The molecule has 1 saturated carbocycles. The first-order valence-corrected chi connectivity index (χ1v) is 7.71. The van der Waals surface area contributed by atoms with E-state index in [0.29, 0.717) is 18.9 Å². The predicted octanol–water partition coefficient (Wildman–Crippen LogP) is 4.02. The van der Waals surface area contributed by atoms with Gasteiger partial charge in [-0.05, 0) is 44.2 Å². The molecule has 0 unspecified atom stereocenters. The van der Waals surface area contributed by atoms with E-state index >= 15 is 0 Å². The van der Waals surface area contributed by atoms with Gasteiger partial charge in [-0.2, -0.15) is 0 Å². The Morgan fingerprint density at radius 1 is 1.30 bits per heavy atom. The van der Waals surface area contributed by atoms with E-state index in [-0.39, 0.29) is 11.7 Å². The monoisotopic (exact) mass is 275 g/mol. The topological polar surface area (TPSA) is 40.5 Å². The number of aryl methyl sites for hydroxylation is 1. The predicted molar refractivity (Wildman–Crippen MR) is 82.1 cm³/mol. The lowest BCUT2D eigenvalue weighted by Crippen LogP contribution is -2.33. The SMILES string of the molecule is CCN(C(=O)CC1CCCCC1)c1cc(O)ccc1C. The van der Waals surface area contributed by atoms with Gasteiger partial charge in [0, 0.05) is 19.0 Å². The van der Waals surface area contributed by atoms with Gasteiger partial charge in [0.2, 0.25) is 5.91 Å². The van der Waals surface area contributed by atoms with Crippen molar-refractivity contribution in [2.75, 3.05) is 11.4 Å². The molecule has 1 amide bonds. The van der Waals surface area contributed by atoms with Crippen LogP contribution in [0.2, 0.25) is 0 Å². The molecule has 0 saturated heterocycles. The van der Waals surface area contributed by atoms with Gasteiger partial charge < -0.3 is 10.0 Å². The van der Waals surface area contributed by atoms with Crippen molar-refractivity contribution in [3.63, 3.8) is 0 Å². The molecule has 0 spiro atoms. The Bertz CT molecular complexity index is 464. The van der Waals surface area contributed by atoms with E-state index in [0.717, 1.165) is 11.3 Å². The molecule has 0 aliphatic heterocycles. The second-order valence-corrected chi connectivity index (χ2v) is 5.82. The van der Waals surface area contributed by atoms with Crippen molar-refractivity contribution >= 4 is 11.6 Å². The third kappa shape index (κ3) is 3.53. The van der Waals surface area contributed by atoms with Crippen molar-refractivity contribution in [1.29, 1.82) is 0 Å². The Morgan fingerprint density at radius 2 is 2.00 bits per heavy atom. The molecule has 0 heterocycles. The maximum Gasteiger partial charge on any atom is 0.227 e. The van der Waals surface area contributed by atoms with E-state index in [1.54, 1.807) is 12.1 Å². The summed E-state index contributed by atoms with van der Waals surface area (Å²) in [5.41, 5.74) is 1.87. The standard InChI is InChI=1S/C17H25NO2/c1-3-18(16-12-15(19)10-9-13(16)2)17(20)11-14-7-5-4-6-8-14/h9-10,12,14,19H,3-8,11H2,1-2H3. The summed E-state index contributed by atoms with van der Waals surface area (Å²) in [7, 11) is 0. The van der Waals surface area contributed by atoms with Crippen LogP contribution in [0, 0.1) is 12.8 Å². The number of hydrogen-bond acceptors (Lipinski definition) is 2. The van der Waals surface area contributed by atoms with Crippen molar-refractivity contribution in [3.8, 4) is 5.75 Å². The molecule has 0 aromatic heterocycles. The number of phenolic OH excluding ortho intramolecular Hbond substituents is 1. The van der Waals surface area contributed by atoms with E-state index in [2.05, 4.69) is 0 Å². The number of benzene rings is 1. The summed E-state index contributed by atoms with van der Waals surface area (Å²) in [5, 5.41) is 9.65. The maximum absolute atomic E-state index is 12.6. The number of phenols is 1. The molecule has 1 N–H and O–H groups in total. The number of carbonyl (C=O) groups is 1. The van der Waals surface area contributed by atoms with E-state index < -0.39 is 0 Å². The largest absolute Gasteiger partial charge is 0.508 e. The number of nitrogens with zero attached hydrogens (tertiary/aromatic N) is 1. The first-order valence-electron chi connectivity index (χ1n) is 7.71. The normalized spacial score (nSPS) is 16.1. The second-order valence-electron chi connectivity index (χ2n) is 5.82. The van der Waals surface area contributed by atoms with Crippen LogP contribution in [0.1, 0.15) is 51.0 Å². The minimum Gasteiger partial charge on any atom is -0.508 e. The molecule has 1 aromatic rings. The summed E-state index contributed by atoms with van der Waals surface area (Å²) in [6, 6.07) is 5.22. The molecule has 1 aromatic carbocycles. The van der Waals surface area contributed by atoms with Crippen LogP contribution >= 0.6 is 0 Å². The Balaban J connectivity index is 2.10. The highest BCUT2D eigenvalue weighted by atomic mass is 16.3. The van der Waals surface area contributed by atoms with E-state index in [1.807, 2.05) is 24.8 Å². The molecule has 1 aliphatic carbocycles. The summed E-state index contributed by atoms with van der Waals surface area (Å²) >= 11 is 0. The van der Waals surface area contributed by atoms with Crippen molar-refractivity contribution in [1.82, 2.24) is 0 Å². The van der Waals surface area contributed by atoms with Crippen molar-refractivity contribution in [2.45, 2.75) is 52.4 Å². The summed E-state index contributed by atoms with van der Waals surface area (Å²) in [4.78, 5) is 14.4. The van der Waals surface area contributed by atoms with Crippen LogP contribution < -0.4 is 4.90 Å². The van der Waals surface area contributed by atoms with Crippen LogP contribution in [0.5, 0.6) is 5.75 Å². The third-order valence-corrected chi connectivity index (χ3v) is 4.29. The first kappa shape index (κ1) is 14.9. The average Bonchev–Trinajstić information content (AvgIpc) is 2.44. The summed E-state index contributed by atoms with van der Waals surface area (Å²) < 4.78 is 0. The molecular formula is C17H25NO2. The lowest BCUT2D eigenvalue weighted by molar-refractivity contribution is -0.119. The van der Waals surface area contributed by atoms with Gasteiger partial charge in [0.15, 0.2) is 0 Å². The molecule has 3 nitrogen and oxygen atoms in total. The van der Waals surface area contributed by atoms with Gasteiger partial charge >= 0.3 is 0 Å². The quantitative estimate of drug-likeness (QED) is 0.901. The van der Waals surface area contributed by atoms with Gasteiger partial charge in [-0.3, -0.25) is 4.79 Å². The van der Waals surface area contributed by atoms with E-state index in [4.69, 9.17) is 0 Å². The lowest BCUT2D eigenvalue weighted by atomic mass is 9.86. The van der Waals surface area contributed by atoms with Crippen molar-refractivity contribution in [2.24, 2.45) is 5.92 Å². The number of hydrogen-bond donors (Lipinski definition) is 1. The minimum absolute atomic E-state index is 0.188. The zero-order chi connectivity index (χ0) is 14.5. The number of carbonyl (C=O) groups excluding carboxylic acids is 1. The molecule has 0 radical (unpaired) electrons. The smallest absolute Gasteiger partial charge is 0.227 e. The van der Waals surface area contributed by atoms with Gasteiger partial charge in [0.25, 0.3) is 0 Å². The Labute approximate surface area is 121 Å².